The Hall–Kier alpha value is -0.880. The van der Waals surface area contributed by atoms with E-state index in [4.69, 9.17) is 5.11 Å². The van der Waals surface area contributed by atoms with Gasteiger partial charge in [-0.15, -0.1) is 0 Å². The lowest BCUT2D eigenvalue weighted by Crippen LogP contribution is -2.35. The number of nitrogens with one attached hydrogen (secondary N) is 2. The van der Waals surface area contributed by atoms with Gasteiger partial charge in [-0.25, -0.2) is 9.97 Å². The van der Waals surface area contributed by atoms with Crippen LogP contribution in [0.3, 0.4) is 0 Å². The van der Waals surface area contributed by atoms with E-state index in [2.05, 4.69) is 57.3 Å². The topological polar surface area (TPSA) is 70.1 Å². The minimum absolute atomic E-state index is 0.154. The highest BCUT2D eigenvalue weighted by atomic mass is 79.9. The second-order valence-electron chi connectivity index (χ2n) is 4.82. The molecule has 6 heteroatoms. The third-order valence-corrected chi connectivity index (χ3v) is 3.95. The molecule has 1 atom stereocenters. The fraction of sp³-hybridized carbons (Fsp3) is 0.692. The molecule has 0 radical (unpaired) electrons. The van der Waals surface area contributed by atoms with Gasteiger partial charge in [0.25, 0.3) is 0 Å². The zero-order valence-electron chi connectivity index (χ0n) is 11.8. The maximum Gasteiger partial charge on any atom is 0.146 e. The molecule has 0 amide bonds. The van der Waals surface area contributed by atoms with E-state index < -0.39 is 0 Å². The lowest BCUT2D eigenvalue weighted by atomic mass is 9.95. The van der Waals surface area contributed by atoms with Crippen LogP contribution >= 0.6 is 15.9 Å². The number of rotatable bonds is 8. The van der Waals surface area contributed by atoms with Gasteiger partial charge < -0.3 is 15.7 Å². The average molecular weight is 331 g/mol. The standard InChI is InChI=1S/C13H23BrN4O/c1-4-7-15-11-10(14)12(17-9-16-11)18-13(3,5-2)6-8-19/h9,19H,4-8H2,1-3H3,(H2,15,16,17,18). The minimum Gasteiger partial charge on any atom is -0.396 e. The van der Waals surface area contributed by atoms with Gasteiger partial charge >= 0.3 is 0 Å². The van der Waals surface area contributed by atoms with Crippen molar-refractivity contribution in [2.75, 3.05) is 23.8 Å². The summed E-state index contributed by atoms with van der Waals surface area (Å²) in [4.78, 5) is 8.49. The number of hydrogen-bond donors (Lipinski definition) is 3. The van der Waals surface area contributed by atoms with Crippen molar-refractivity contribution in [2.24, 2.45) is 0 Å². The Morgan fingerprint density at radius 3 is 2.58 bits per heavy atom. The molecule has 1 heterocycles. The molecule has 0 spiro atoms. The van der Waals surface area contributed by atoms with Gasteiger partial charge in [0.1, 0.15) is 22.4 Å². The van der Waals surface area contributed by atoms with Gasteiger partial charge in [-0.3, -0.25) is 0 Å². The third kappa shape index (κ3) is 4.62. The van der Waals surface area contributed by atoms with E-state index in [0.29, 0.717) is 6.42 Å². The second kappa shape index (κ2) is 7.65. The fourth-order valence-corrected chi connectivity index (χ4v) is 2.13. The molecule has 0 fully saturated rings. The van der Waals surface area contributed by atoms with Crippen LogP contribution in [-0.4, -0.2) is 33.8 Å². The van der Waals surface area contributed by atoms with Gasteiger partial charge in [0.2, 0.25) is 0 Å². The zero-order chi connectivity index (χ0) is 14.3. The molecule has 0 aromatic carbocycles. The fourth-order valence-electron chi connectivity index (χ4n) is 1.68. The first-order valence-corrected chi connectivity index (χ1v) is 7.49. The molecule has 0 aliphatic heterocycles. The Morgan fingerprint density at radius 2 is 2.00 bits per heavy atom. The Labute approximate surface area is 123 Å². The van der Waals surface area contributed by atoms with Crippen molar-refractivity contribution in [3.05, 3.63) is 10.8 Å². The van der Waals surface area contributed by atoms with E-state index in [9.17, 15) is 0 Å². The maximum absolute atomic E-state index is 9.15. The van der Waals surface area contributed by atoms with Crippen LogP contribution in [0, 0.1) is 0 Å². The summed E-state index contributed by atoms with van der Waals surface area (Å²) in [6, 6.07) is 0. The van der Waals surface area contributed by atoms with E-state index in [1.54, 1.807) is 6.33 Å². The van der Waals surface area contributed by atoms with Crippen LogP contribution in [0.25, 0.3) is 0 Å². The summed E-state index contributed by atoms with van der Waals surface area (Å²) in [5.74, 6) is 1.55. The molecular weight excluding hydrogens is 308 g/mol. The largest absolute Gasteiger partial charge is 0.396 e. The van der Waals surface area contributed by atoms with Crippen LogP contribution < -0.4 is 10.6 Å². The van der Waals surface area contributed by atoms with Crippen LogP contribution in [0.2, 0.25) is 0 Å². The van der Waals surface area contributed by atoms with Gasteiger partial charge in [-0.05, 0) is 42.1 Å². The normalized spacial score (nSPS) is 13.9. The Bertz CT molecular complexity index is 402. The summed E-state index contributed by atoms with van der Waals surface area (Å²) in [6.07, 6.45) is 4.16. The van der Waals surface area contributed by atoms with E-state index in [1.807, 2.05) is 0 Å². The molecule has 1 rings (SSSR count). The predicted molar refractivity (Wildman–Crippen MR) is 82.5 cm³/mol. The number of anilines is 2. The Kier molecular flexibility index (Phi) is 6.51. The molecule has 1 unspecified atom stereocenters. The number of nitrogens with zero attached hydrogens (tertiary/aromatic N) is 2. The van der Waals surface area contributed by atoms with Crippen LogP contribution in [0.1, 0.15) is 40.0 Å². The predicted octanol–water partition coefficient (Wildman–Crippen LogP) is 3.02. The average Bonchev–Trinajstić information content (AvgIpc) is 2.40. The molecule has 0 bridgehead atoms. The highest BCUT2D eigenvalue weighted by Crippen LogP contribution is 2.30. The van der Waals surface area contributed by atoms with Crippen LogP contribution in [0.15, 0.2) is 10.8 Å². The number of aliphatic hydroxyl groups is 1. The summed E-state index contributed by atoms with van der Waals surface area (Å²) < 4.78 is 0.834. The van der Waals surface area contributed by atoms with Crippen molar-refractivity contribution in [3.8, 4) is 0 Å². The summed E-state index contributed by atoms with van der Waals surface area (Å²) in [5.41, 5.74) is -0.173. The summed E-state index contributed by atoms with van der Waals surface area (Å²) >= 11 is 3.53. The molecular formula is C13H23BrN4O. The molecule has 3 N–H and O–H groups in total. The SMILES string of the molecule is CCCNc1ncnc(NC(C)(CC)CCO)c1Br. The smallest absolute Gasteiger partial charge is 0.146 e. The van der Waals surface area contributed by atoms with E-state index in [1.165, 1.54) is 0 Å². The van der Waals surface area contributed by atoms with Crippen molar-refractivity contribution in [1.82, 2.24) is 9.97 Å². The van der Waals surface area contributed by atoms with Gasteiger partial charge in [0, 0.05) is 18.7 Å². The number of halogens is 1. The van der Waals surface area contributed by atoms with Crippen molar-refractivity contribution >= 4 is 27.6 Å². The number of hydrogen-bond acceptors (Lipinski definition) is 5. The molecule has 1 aromatic rings. The minimum atomic E-state index is -0.173. The maximum atomic E-state index is 9.15. The Morgan fingerprint density at radius 1 is 1.32 bits per heavy atom. The van der Waals surface area contributed by atoms with E-state index >= 15 is 0 Å². The van der Waals surface area contributed by atoms with Gasteiger partial charge in [0.15, 0.2) is 0 Å². The lowest BCUT2D eigenvalue weighted by Gasteiger charge is -2.30. The van der Waals surface area contributed by atoms with Crippen LogP contribution in [-0.2, 0) is 0 Å². The first kappa shape index (κ1) is 16.2. The molecule has 0 aliphatic rings. The number of aliphatic hydroxyl groups excluding tert-OH is 1. The molecule has 5 nitrogen and oxygen atoms in total. The van der Waals surface area contributed by atoms with Gasteiger partial charge in [-0.2, -0.15) is 0 Å². The van der Waals surface area contributed by atoms with E-state index in [-0.39, 0.29) is 12.1 Å². The van der Waals surface area contributed by atoms with Crippen molar-refractivity contribution < 1.29 is 5.11 Å². The van der Waals surface area contributed by atoms with Crippen LogP contribution in [0.5, 0.6) is 0 Å². The lowest BCUT2D eigenvalue weighted by molar-refractivity contribution is 0.251. The van der Waals surface area contributed by atoms with Crippen molar-refractivity contribution in [2.45, 2.75) is 45.6 Å². The number of aromatic nitrogens is 2. The third-order valence-electron chi connectivity index (χ3n) is 3.20. The molecule has 0 saturated heterocycles. The van der Waals surface area contributed by atoms with Gasteiger partial charge in [-0.1, -0.05) is 13.8 Å². The first-order valence-electron chi connectivity index (χ1n) is 6.69. The summed E-state index contributed by atoms with van der Waals surface area (Å²) in [6.45, 7) is 7.30. The van der Waals surface area contributed by atoms with E-state index in [0.717, 1.165) is 35.5 Å². The molecule has 0 saturated carbocycles. The summed E-state index contributed by atoms with van der Waals surface area (Å²) in [5, 5.41) is 15.8. The molecule has 108 valence electrons. The summed E-state index contributed by atoms with van der Waals surface area (Å²) in [7, 11) is 0. The highest BCUT2D eigenvalue weighted by Gasteiger charge is 2.23. The van der Waals surface area contributed by atoms with Crippen molar-refractivity contribution in [3.63, 3.8) is 0 Å². The highest BCUT2D eigenvalue weighted by molar-refractivity contribution is 9.10. The second-order valence-corrected chi connectivity index (χ2v) is 5.62. The van der Waals surface area contributed by atoms with Gasteiger partial charge in [0.05, 0.1) is 0 Å². The molecule has 0 aliphatic carbocycles. The first-order chi connectivity index (χ1) is 9.06. The Balaban J connectivity index is 2.88. The molecule has 19 heavy (non-hydrogen) atoms. The quantitative estimate of drug-likeness (QED) is 0.683. The zero-order valence-corrected chi connectivity index (χ0v) is 13.4. The monoisotopic (exact) mass is 330 g/mol. The molecule has 1 aromatic heterocycles. The van der Waals surface area contributed by atoms with Crippen molar-refractivity contribution in [1.29, 1.82) is 0 Å². The van der Waals surface area contributed by atoms with Crippen LogP contribution in [0.4, 0.5) is 11.6 Å².